The van der Waals surface area contributed by atoms with E-state index in [1.165, 1.54) is 8.87 Å². The molecule has 0 radical (unpaired) electrons. The van der Waals surface area contributed by atoms with Crippen LogP contribution in [0.2, 0.25) is 0 Å². The number of carbonyl (C=O) groups is 1. The molecule has 6 rings (SSSR count). The minimum Gasteiger partial charge on any atom is -0.496 e. The number of methoxy groups -OCH3 is 1. The molecule has 44 heavy (non-hydrogen) atoms. The van der Waals surface area contributed by atoms with Crippen LogP contribution >= 0.6 is 0 Å². The molecule has 3 heterocycles. The van der Waals surface area contributed by atoms with Gasteiger partial charge in [-0.3, -0.25) is 9.69 Å². The summed E-state index contributed by atoms with van der Waals surface area (Å²) < 4.78 is 40.9. The smallest absolute Gasteiger partial charge is 0.269 e. The summed E-state index contributed by atoms with van der Waals surface area (Å²) in [6, 6.07) is 19.8. The average molecular weight is 611 g/mol. The molecule has 2 aromatic heterocycles. The number of hydrogen-bond donors (Lipinski definition) is 0. The van der Waals surface area contributed by atoms with E-state index in [0.717, 1.165) is 40.1 Å². The molecule has 0 aliphatic carbocycles. The number of aryl methyl sites for hydroxylation is 1. The van der Waals surface area contributed by atoms with Crippen LogP contribution in [0, 0.1) is 6.92 Å². The number of rotatable bonds is 6. The normalized spacial score (nSPS) is 13.7. The highest BCUT2D eigenvalue weighted by atomic mass is 32.2. The molecule has 1 amide bonds. The van der Waals surface area contributed by atoms with E-state index >= 15 is 0 Å². The van der Waals surface area contributed by atoms with Gasteiger partial charge < -0.3 is 14.4 Å². The fourth-order valence-corrected chi connectivity index (χ4v) is 6.76. The summed E-state index contributed by atoms with van der Waals surface area (Å²) >= 11 is 0. The van der Waals surface area contributed by atoms with Gasteiger partial charge in [-0.25, -0.2) is 17.4 Å². The van der Waals surface area contributed by atoms with Crippen LogP contribution in [0.4, 0.5) is 0 Å². The van der Waals surface area contributed by atoms with Crippen molar-refractivity contribution in [2.45, 2.75) is 18.4 Å². The minimum atomic E-state index is -3.96. The molecule has 1 aliphatic heterocycles. The lowest BCUT2D eigenvalue weighted by atomic mass is 9.99. The number of hydrogen-bond acceptors (Lipinski definition) is 7. The SMILES string of the molecule is COc1cc(-c2cnc3c(c2)c(-c2ccc(C(=O)N(C)C)cc2)cn3S(=O)(=O)c2ccc(C)cc2)cc2c1CN(C)CCO2. The van der Waals surface area contributed by atoms with Crippen molar-refractivity contribution in [1.29, 1.82) is 0 Å². The summed E-state index contributed by atoms with van der Waals surface area (Å²) in [7, 11) is 3.13. The van der Waals surface area contributed by atoms with Gasteiger partial charge in [0.15, 0.2) is 5.65 Å². The first-order valence-corrected chi connectivity index (χ1v) is 15.7. The molecule has 0 spiro atoms. The fourth-order valence-electron chi connectivity index (χ4n) is 5.44. The topological polar surface area (TPSA) is 94.0 Å². The summed E-state index contributed by atoms with van der Waals surface area (Å²) in [5, 5.41) is 0.652. The third-order valence-corrected chi connectivity index (χ3v) is 9.58. The third-order valence-electron chi connectivity index (χ3n) is 7.92. The number of pyridine rings is 1. The van der Waals surface area contributed by atoms with Gasteiger partial charge in [-0.1, -0.05) is 29.8 Å². The van der Waals surface area contributed by atoms with Crippen LogP contribution in [0.25, 0.3) is 33.3 Å². The van der Waals surface area contributed by atoms with Gasteiger partial charge >= 0.3 is 0 Å². The van der Waals surface area contributed by atoms with Crippen molar-refractivity contribution in [3.8, 4) is 33.8 Å². The van der Waals surface area contributed by atoms with E-state index in [9.17, 15) is 13.2 Å². The van der Waals surface area contributed by atoms with Gasteiger partial charge in [0, 0.05) is 61.7 Å². The molecule has 0 atom stereocenters. The third kappa shape index (κ3) is 5.31. The molecule has 226 valence electrons. The van der Waals surface area contributed by atoms with Gasteiger partial charge in [0.1, 0.15) is 18.1 Å². The zero-order valence-corrected chi connectivity index (χ0v) is 26.2. The fraction of sp³-hybridized carbons (Fsp3) is 0.235. The monoisotopic (exact) mass is 610 g/mol. The Bertz CT molecular complexity index is 1980. The van der Waals surface area contributed by atoms with Crippen molar-refractivity contribution >= 4 is 27.0 Å². The van der Waals surface area contributed by atoms with Crippen LogP contribution in [-0.2, 0) is 16.6 Å². The standard InChI is InChI=1S/C34H34N4O5S/c1-22-6-12-27(13-7-22)44(40,41)38-21-29(23-8-10-24(11-9-23)34(39)36(2)3)28-16-26(19-35-33(28)38)25-17-31(42-5)30-20-37(4)14-15-43-32(30)18-25/h6-13,16-19,21H,14-15,20H2,1-5H3. The van der Waals surface area contributed by atoms with Crippen molar-refractivity contribution in [2.75, 3.05) is 41.4 Å². The Morgan fingerprint density at radius 3 is 2.39 bits per heavy atom. The van der Waals surface area contributed by atoms with E-state index in [0.29, 0.717) is 41.1 Å². The lowest BCUT2D eigenvalue weighted by Crippen LogP contribution is -2.21. The van der Waals surface area contributed by atoms with Crippen molar-refractivity contribution in [1.82, 2.24) is 18.8 Å². The summed E-state index contributed by atoms with van der Waals surface area (Å²) in [5.41, 5.74) is 5.84. The number of benzene rings is 3. The number of nitrogens with zero attached hydrogens (tertiary/aromatic N) is 4. The number of carbonyl (C=O) groups excluding carboxylic acids is 1. The molecule has 9 nitrogen and oxygen atoms in total. The molecule has 10 heteroatoms. The molecular formula is C34H34N4O5S. The second-order valence-corrected chi connectivity index (χ2v) is 13.1. The molecule has 5 aromatic rings. The van der Waals surface area contributed by atoms with E-state index in [2.05, 4.69) is 4.90 Å². The summed E-state index contributed by atoms with van der Waals surface area (Å²) in [5.74, 6) is 1.35. The first kappa shape index (κ1) is 29.4. The average Bonchev–Trinajstić information content (AvgIpc) is 3.30. The summed E-state index contributed by atoms with van der Waals surface area (Å²) in [4.78, 5) is 21.1. The number of ether oxygens (including phenoxy) is 2. The first-order valence-electron chi connectivity index (χ1n) is 14.2. The van der Waals surface area contributed by atoms with Gasteiger partial charge in [0.05, 0.1) is 17.6 Å². The van der Waals surface area contributed by atoms with E-state index in [1.54, 1.807) is 70.0 Å². The molecule has 1 aliphatic rings. The Balaban J connectivity index is 1.54. The van der Waals surface area contributed by atoms with Gasteiger partial charge in [-0.15, -0.1) is 0 Å². The molecule has 0 unspecified atom stereocenters. The Morgan fingerprint density at radius 1 is 0.977 bits per heavy atom. The van der Waals surface area contributed by atoms with Crippen LogP contribution in [0.15, 0.2) is 84.0 Å². The molecule has 0 saturated carbocycles. The molecule has 0 N–H and O–H groups in total. The highest BCUT2D eigenvalue weighted by Crippen LogP contribution is 2.39. The van der Waals surface area contributed by atoms with Crippen LogP contribution in [0.3, 0.4) is 0 Å². The maximum absolute atomic E-state index is 13.9. The Labute approximate surface area is 257 Å². The lowest BCUT2D eigenvalue weighted by Gasteiger charge is -2.16. The van der Waals surface area contributed by atoms with Gasteiger partial charge in [0.25, 0.3) is 15.9 Å². The van der Waals surface area contributed by atoms with Crippen molar-refractivity contribution in [2.24, 2.45) is 0 Å². The largest absolute Gasteiger partial charge is 0.496 e. The second kappa shape index (κ2) is 11.4. The predicted octanol–water partition coefficient (Wildman–Crippen LogP) is 5.45. The first-order chi connectivity index (χ1) is 21.1. The minimum absolute atomic E-state index is 0.115. The summed E-state index contributed by atoms with van der Waals surface area (Å²) in [6.45, 7) is 3.97. The van der Waals surface area contributed by atoms with Crippen LogP contribution in [-0.4, -0.2) is 74.5 Å². The van der Waals surface area contributed by atoms with Crippen molar-refractivity contribution in [3.63, 3.8) is 0 Å². The quantitative estimate of drug-likeness (QED) is 0.252. The summed E-state index contributed by atoms with van der Waals surface area (Å²) in [6.07, 6.45) is 3.28. The zero-order chi connectivity index (χ0) is 31.2. The number of fused-ring (bicyclic) bond motifs is 2. The van der Waals surface area contributed by atoms with Gasteiger partial charge in [-0.2, -0.15) is 0 Å². The van der Waals surface area contributed by atoms with Crippen molar-refractivity contribution < 1.29 is 22.7 Å². The van der Waals surface area contributed by atoms with E-state index in [1.807, 2.05) is 44.3 Å². The highest BCUT2D eigenvalue weighted by Gasteiger charge is 2.25. The van der Waals surface area contributed by atoms with E-state index in [-0.39, 0.29) is 10.8 Å². The van der Waals surface area contributed by atoms with Gasteiger partial charge in [0.2, 0.25) is 0 Å². The highest BCUT2D eigenvalue weighted by molar-refractivity contribution is 7.90. The van der Waals surface area contributed by atoms with Crippen LogP contribution in [0.5, 0.6) is 11.5 Å². The van der Waals surface area contributed by atoms with E-state index < -0.39 is 10.0 Å². The number of aromatic nitrogens is 2. The maximum Gasteiger partial charge on any atom is 0.269 e. The Hall–Kier alpha value is -4.67. The molecule has 0 fully saturated rings. The lowest BCUT2D eigenvalue weighted by molar-refractivity contribution is 0.0827. The second-order valence-electron chi connectivity index (χ2n) is 11.3. The Kier molecular flexibility index (Phi) is 7.65. The predicted molar refractivity (Wildman–Crippen MR) is 171 cm³/mol. The number of amides is 1. The maximum atomic E-state index is 13.9. The number of likely N-dealkylation sites (N-methyl/N-ethyl adjacent to an activating group) is 1. The van der Waals surface area contributed by atoms with E-state index in [4.69, 9.17) is 14.5 Å². The molecule has 3 aromatic carbocycles. The van der Waals surface area contributed by atoms with Crippen LogP contribution < -0.4 is 9.47 Å². The Morgan fingerprint density at radius 2 is 1.70 bits per heavy atom. The molecule has 0 saturated heterocycles. The van der Waals surface area contributed by atoms with Gasteiger partial charge in [-0.05, 0) is 67.6 Å². The van der Waals surface area contributed by atoms with Crippen molar-refractivity contribution in [3.05, 3.63) is 95.8 Å². The van der Waals surface area contributed by atoms with Crippen LogP contribution in [0.1, 0.15) is 21.5 Å². The molecular weight excluding hydrogens is 576 g/mol. The molecule has 0 bridgehead atoms. The zero-order valence-electron chi connectivity index (χ0n) is 25.4.